The lowest BCUT2D eigenvalue weighted by Gasteiger charge is -2.08. The van der Waals surface area contributed by atoms with Gasteiger partial charge in [-0.25, -0.2) is 29.1 Å². The van der Waals surface area contributed by atoms with E-state index in [4.69, 9.17) is 23.2 Å². The number of hydrogen-bond donors (Lipinski definition) is 3. The highest BCUT2D eigenvalue weighted by Crippen LogP contribution is 2.20. The van der Waals surface area contributed by atoms with Gasteiger partial charge in [-0.2, -0.15) is 0 Å². The van der Waals surface area contributed by atoms with E-state index in [2.05, 4.69) is 30.9 Å². The molecule has 0 radical (unpaired) electrons. The second-order valence-corrected chi connectivity index (χ2v) is 6.91. The van der Waals surface area contributed by atoms with Crippen LogP contribution < -0.4 is 16.0 Å². The van der Waals surface area contributed by atoms with Crippen molar-refractivity contribution < 1.29 is 9.59 Å². The number of hydrogen-bond acceptors (Lipinski definition) is 5. The van der Waals surface area contributed by atoms with Crippen molar-refractivity contribution >= 4 is 63.6 Å². The fourth-order valence-corrected chi connectivity index (χ4v) is 3.04. The van der Waals surface area contributed by atoms with E-state index in [1.165, 1.54) is 17.2 Å². The normalized spacial score (nSPS) is 10.6. The zero-order chi connectivity index (χ0) is 21.1. The van der Waals surface area contributed by atoms with Crippen LogP contribution in [0.15, 0.2) is 61.2 Å². The Bertz CT molecular complexity index is 1260. The average Bonchev–Trinajstić information content (AvgIpc) is 3.13. The fraction of sp³-hybridized carbons (Fsp3) is 0. The van der Waals surface area contributed by atoms with Gasteiger partial charge in [0.25, 0.3) is 0 Å². The Morgan fingerprint density at radius 2 is 1.50 bits per heavy atom. The average molecular weight is 442 g/mol. The summed E-state index contributed by atoms with van der Waals surface area (Å²) < 4.78 is 1.21. The topological polar surface area (TPSA) is 114 Å². The van der Waals surface area contributed by atoms with E-state index in [9.17, 15) is 9.59 Å². The zero-order valence-corrected chi connectivity index (χ0v) is 16.6. The third-order valence-electron chi connectivity index (χ3n) is 3.94. The van der Waals surface area contributed by atoms with E-state index >= 15 is 0 Å². The predicted octanol–water partition coefficient (Wildman–Crippen LogP) is 4.86. The SMILES string of the molecule is O=C(Nc1cccc(Cl)c1)Nc1ncnc2c1ncn2C(=O)Nc1cccc(Cl)c1. The van der Waals surface area contributed by atoms with Crippen molar-refractivity contribution in [2.24, 2.45) is 0 Å². The van der Waals surface area contributed by atoms with Crippen LogP contribution in [0.5, 0.6) is 0 Å². The molecule has 0 aliphatic heterocycles. The van der Waals surface area contributed by atoms with E-state index < -0.39 is 12.1 Å². The van der Waals surface area contributed by atoms with E-state index in [0.717, 1.165) is 0 Å². The van der Waals surface area contributed by atoms with Gasteiger partial charge in [-0.1, -0.05) is 35.3 Å². The van der Waals surface area contributed by atoms with Crippen LogP contribution in [0.4, 0.5) is 26.8 Å². The number of nitrogens with zero attached hydrogens (tertiary/aromatic N) is 4. The summed E-state index contributed by atoms with van der Waals surface area (Å²) in [4.78, 5) is 37.2. The summed E-state index contributed by atoms with van der Waals surface area (Å²) in [5.74, 6) is 0.147. The van der Waals surface area contributed by atoms with Crippen LogP contribution >= 0.6 is 23.2 Å². The van der Waals surface area contributed by atoms with Crippen LogP contribution in [-0.2, 0) is 0 Å². The van der Waals surface area contributed by atoms with Crippen molar-refractivity contribution in [2.45, 2.75) is 0 Å². The molecule has 0 aliphatic rings. The number of anilines is 3. The number of urea groups is 1. The molecule has 0 unspecified atom stereocenters. The van der Waals surface area contributed by atoms with Crippen molar-refractivity contribution in [1.29, 1.82) is 0 Å². The maximum atomic E-state index is 12.6. The number of benzene rings is 2. The molecule has 0 bridgehead atoms. The molecule has 4 aromatic rings. The Morgan fingerprint density at radius 1 is 0.833 bits per heavy atom. The molecule has 2 heterocycles. The number of nitrogens with one attached hydrogen (secondary N) is 3. The molecule has 0 fully saturated rings. The molecule has 0 atom stereocenters. The Balaban J connectivity index is 1.54. The lowest BCUT2D eigenvalue weighted by molar-refractivity contribution is 0.254. The summed E-state index contributed by atoms with van der Waals surface area (Å²) in [6.07, 6.45) is 2.52. The minimum atomic E-state index is -0.546. The molecular formula is C19H13Cl2N7O2. The van der Waals surface area contributed by atoms with E-state index in [1.807, 2.05) is 0 Å². The molecule has 30 heavy (non-hydrogen) atoms. The summed E-state index contributed by atoms with van der Waals surface area (Å²) in [7, 11) is 0. The molecular weight excluding hydrogens is 429 g/mol. The lowest BCUT2D eigenvalue weighted by Crippen LogP contribution is -2.21. The van der Waals surface area contributed by atoms with Crippen LogP contribution in [0.2, 0.25) is 10.0 Å². The van der Waals surface area contributed by atoms with Crippen LogP contribution in [0.3, 0.4) is 0 Å². The molecule has 0 spiro atoms. The molecule has 9 nitrogen and oxygen atoms in total. The van der Waals surface area contributed by atoms with Crippen molar-refractivity contribution in [1.82, 2.24) is 19.5 Å². The first kappa shape index (κ1) is 19.6. The summed E-state index contributed by atoms with van der Waals surface area (Å²) in [6.45, 7) is 0. The first-order chi connectivity index (χ1) is 14.5. The number of carbonyl (C=O) groups is 2. The predicted molar refractivity (Wildman–Crippen MR) is 115 cm³/mol. The Morgan fingerprint density at radius 3 is 2.17 bits per heavy atom. The van der Waals surface area contributed by atoms with E-state index in [1.54, 1.807) is 48.5 Å². The second kappa shape index (κ2) is 8.36. The fourth-order valence-electron chi connectivity index (χ4n) is 2.66. The van der Waals surface area contributed by atoms with Crippen molar-refractivity contribution in [3.8, 4) is 0 Å². The van der Waals surface area contributed by atoms with Crippen molar-refractivity contribution in [3.05, 3.63) is 71.2 Å². The first-order valence-corrected chi connectivity index (χ1v) is 9.34. The Kier molecular flexibility index (Phi) is 5.46. The minimum absolute atomic E-state index is 0.147. The summed E-state index contributed by atoms with van der Waals surface area (Å²) in [5, 5.41) is 8.91. The maximum Gasteiger partial charge on any atom is 0.332 e. The van der Waals surface area contributed by atoms with Gasteiger partial charge in [-0.3, -0.25) is 5.32 Å². The van der Waals surface area contributed by atoms with Crippen molar-refractivity contribution in [2.75, 3.05) is 16.0 Å². The summed E-state index contributed by atoms with van der Waals surface area (Å²) >= 11 is 11.9. The van der Waals surface area contributed by atoms with Gasteiger partial charge in [0.1, 0.15) is 12.7 Å². The van der Waals surface area contributed by atoms with Crippen LogP contribution in [0.25, 0.3) is 11.2 Å². The van der Waals surface area contributed by atoms with Crippen molar-refractivity contribution in [3.63, 3.8) is 0 Å². The third kappa shape index (κ3) is 4.32. The van der Waals surface area contributed by atoms with Gasteiger partial charge in [0, 0.05) is 21.4 Å². The highest BCUT2D eigenvalue weighted by molar-refractivity contribution is 6.31. The number of amides is 3. The van der Waals surface area contributed by atoms with Gasteiger partial charge in [0.2, 0.25) is 0 Å². The van der Waals surface area contributed by atoms with Gasteiger partial charge >= 0.3 is 12.1 Å². The number of halogens is 2. The molecule has 0 saturated heterocycles. The molecule has 2 aromatic carbocycles. The molecule has 3 N–H and O–H groups in total. The summed E-state index contributed by atoms with van der Waals surface area (Å²) in [6, 6.07) is 12.4. The monoisotopic (exact) mass is 441 g/mol. The highest BCUT2D eigenvalue weighted by atomic mass is 35.5. The number of imidazole rings is 1. The molecule has 4 rings (SSSR count). The van der Waals surface area contributed by atoms with E-state index in [0.29, 0.717) is 21.4 Å². The van der Waals surface area contributed by atoms with Gasteiger partial charge < -0.3 is 10.6 Å². The van der Waals surface area contributed by atoms with Crippen LogP contribution in [-0.4, -0.2) is 31.6 Å². The molecule has 11 heteroatoms. The number of carbonyl (C=O) groups excluding carboxylic acids is 2. The highest BCUT2D eigenvalue weighted by Gasteiger charge is 2.16. The molecule has 3 amide bonds. The van der Waals surface area contributed by atoms with E-state index in [-0.39, 0.29) is 17.0 Å². The maximum absolute atomic E-state index is 12.6. The zero-order valence-electron chi connectivity index (χ0n) is 15.1. The number of rotatable bonds is 3. The smallest absolute Gasteiger partial charge is 0.308 e. The van der Waals surface area contributed by atoms with Gasteiger partial charge in [-0.15, -0.1) is 0 Å². The van der Waals surface area contributed by atoms with Gasteiger partial charge in [0.05, 0.1) is 0 Å². The molecule has 2 aromatic heterocycles. The van der Waals surface area contributed by atoms with Gasteiger partial charge in [0.15, 0.2) is 17.0 Å². The number of fused-ring (bicyclic) bond motifs is 1. The largest absolute Gasteiger partial charge is 0.332 e. The quantitative estimate of drug-likeness (QED) is 0.420. The third-order valence-corrected chi connectivity index (χ3v) is 4.41. The Labute approximate surface area is 180 Å². The minimum Gasteiger partial charge on any atom is -0.308 e. The number of aromatic nitrogens is 4. The van der Waals surface area contributed by atoms with Crippen LogP contribution in [0.1, 0.15) is 0 Å². The Hall–Kier alpha value is -3.69. The second-order valence-electron chi connectivity index (χ2n) is 6.04. The van der Waals surface area contributed by atoms with Gasteiger partial charge in [-0.05, 0) is 36.4 Å². The molecule has 0 saturated carbocycles. The lowest BCUT2D eigenvalue weighted by atomic mass is 10.3. The standard InChI is InChI=1S/C19H13Cl2N7O2/c20-11-3-1-5-13(7-11)25-18(29)27-16-15-17(23-9-22-16)28(10-24-15)19(30)26-14-6-2-4-12(21)8-14/h1-10H,(H,26,30)(H2,22,23,25,27,29). The first-order valence-electron chi connectivity index (χ1n) is 8.58. The van der Waals surface area contributed by atoms with Crippen LogP contribution in [0, 0.1) is 0 Å². The molecule has 150 valence electrons. The summed E-state index contributed by atoms with van der Waals surface area (Å²) in [5.41, 5.74) is 1.50. The molecule has 0 aliphatic carbocycles.